The summed E-state index contributed by atoms with van der Waals surface area (Å²) in [5, 5.41) is 42.2. The Morgan fingerprint density at radius 3 is 2.37 bits per heavy atom. The minimum Gasteiger partial charge on any atom is -0.391 e. The molecular formula is C24H34FN9O7. The lowest BCUT2D eigenvalue weighted by atomic mass is 9.90. The molecule has 1 heterocycles. The highest BCUT2D eigenvalue weighted by Crippen LogP contribution is 2.18. The van der Waals surface area contributed by atoms with Gasteiger partial charge in [0.15, 0.2) is 5.82 Å². The molecule has 0 fully saturated rings. The maximum atomic E-state index is 14.5. The number of aliphatic hydroxyl groups is 2. The molecule has 0 bridgehead atoms. The van der Waals surface area contributed by atoms with Gasteiger partial charge in [-0.1, -0.05) is 23.4 Å². The van der Waals surface area contributed by atoms with E-state index in [1.54, 1.807) is 0 Å². The highest BCUT2D eigenvalue weighted by Gasteiger charge is 2.40. The van der Waals surface area contributed by atoms with Crippen molar-refractivity contribution in [1.29, 1.82) is 0 Å². The van der Waals surface area contributed by atoms with Crippen LogP contribution in [0, 0.1) is 5.82 Å². The molecule has 16 nitrogen and oxygen atoms in total. The average molecular weight is 580 g/mol. The van der Waals surface area contributed by atoms with Crippen LogP contribution in [0.4, 0.5) is 4.39 Å². The van der Waals surface area contributed by atoms with E-state index in [1.165, 1.54) is 39.0 Å². The predicted molar refractivity (Wildman–Crippen MR) is 139 cm³/mol. The number of aldehydes is 1. The van der Waals surface area contributed by atoms with Crippen molar-refractivity contribution in [3.05, 3.63) is 41.5 Å². The molecule has 224 valence electrons. The number of aromatic amines is 1. The number of nitrogens with zero attached hydrogens (tertiary/aromatic N) is 3. The van der Waals surface area contributed by atoms with Gasteiger partial charge >= 0.3 is 0 Å². The van der Waals surface area contributed by atoms with Crippen LogP contribution in [0.5, 0.6) is 0 Å². The first-order valence-electron chi connectivity index (χ1n) is 12.5. The number of carbonyl (C=O) groups is 5. The second-order valence-electron chi connectivity index (χ2n) is 9.61. The molecule has 1 aromatic carbocycles. The van der Waals surface area contributed by atoms with Gasteiger partial charge in [0, 0.05) is 12.8 Å². The molecule has 4 amide bonds. The van der Waals surface area contributed by atoms with Gasteiger partial charge in [-0.25, -0.2) is 4.39 Å². The Morgan fingerprint density at radius 2 is 1.80 bits per heavy atom. The van der Waals surface area contributed by atoms with E-state index < -0.39 is 78.3 Å². The van der Waals surface area contributed by atoms with E-state index >= 15 is 0 Å². The van der Waals surface area contributed by atoms with Crippen LogP contribution in [0.25, 0.3) is 0 Å². The first-order chi connectivity index (χ1) is 19.3. The summed E-state index contributed by atoms with van der Waals surface area (Å²) in [6.45, 7) is 3.11. The van der Waals surface area contributed by atoms with Crippen molar-refractivity contribution in [1.82, 2.24) is 41.9 Å². The van der Waals surface area contributed by atoms with Crippen molar-refractivity contribution in [3.63, 3.8) is 0 Å². The monoisotopic (exact) mass is 579 g/mol. The number of nitrogens with one attached hydrogen (secondary N) is 5. The van der Waals surface area contributed by atoms with Crippen molar-refractivity contribution in [3.8, 4) is 0 Å². The van der Waals surface area contributed by atoms with Crippen LogP contribution in [0.2, 0.25) is 0 Å². The van der Waals surface area contributed by atoms with Crippen LogP contribution in [0.1, 0.15) is 32.2 Å². The standard InChI is InChI=1S/C24H34FN9O7/c1-12(36)17(11-35)28-23(41)24(3,9-14-6-4-5-7-15(14)25)30-22(40)20(13(2)37)29-19(38)10-27-21(39)16(26)8-18-31-33-34-32-18/h4-7,11-13,16-17,20,36-37H,8-10,26H2,1-3H3,(H,27,39)(H,28,41)(H,29,38)(H,30,40)(H,31,32,33,34)/t12-,13-,16+,17-,20+,24+/m1/s1. The number of amides is 4. The van der Waals surface area contributed by atoms with Crippen molar-refractivity contribution >= 4 is 29.9 Å². The number of aliphatic hydroxyl groups excluding tert-OH is 2. The third-order valence-corrected chi connectivity index (χ3v) is 6.00. The van der Waals surface area contributed by atoms with E-state index in [-0.39, 0.29) is 17.8 Å². The Kier molecular flexibility index (Phi) is 11.9. The molecule has 1 aromatic heterocycles. The van der Waals surface area contributed by atoms with E-state index in [0.717, 1.165) is 6.07 Å². The van der Waals surface area contributed by atoms with E-state index in [2.05, 4.69) is 41.9 Å². The molecule has 9 N–H and O–H groups in total. The molecule has 41 heavy (non-hydrogen) atoms. The molecule has 6 atom stereocenters. The Bertz CT molecular complexity index is 1210. The summed E-state index contributed by atoms with van der Waals surface area (Å²) in [5.74, 6) is -4.05. The van der Waals surface area contributed by atoms with Crippen LogP contribution in [0.3, 0.4) is 0 Å². The molecule has 17 heteroatoms. The normalized spacial score (nSPS) is 16.2. The Labute approximate surface area is 234 Å². The summed E-state index contributed by atoms with van der Waals surface area (Å²) in [6.07, 6.45) is -2.90. The van der Waals surface area contributed by atoms with E-state index in [9.17, 15) is 38.6 Å². The van der Waals surface area contributed by atoms with Gasteiger partial charge in [-0.15, -0.1) is 10.2 Å². The third-order valence-electron chi connectivity index (χ3n) is 6.00. The van der Waals surface area contributed by atoms with Crippen molar-refractivity contribution in [2.75, 3.05) is 6.54 Å². The molecule has 0 saturated carbocycles. The predicted octanol–water partition coefficient (Wildman–Crippen LogP) is -3.63. The Balaban J connectivity index is 2.14. The van der Waals surface area contributed by atoms with Crippen molar-refractivity contribution in [2.45, 2.75) is 69.5 Å². The van der Waals surface area contributed by atoms with Crippen molar-refractivity contribution < 1.29 is 38.6 Å². The second kappa shape index (κ2) is 14.9. The number of hydrogen-bond donors (Lipinski definition) is 8. The quantitative estimate of drug-likeness (QED) is 0.0955. The number of hydrogen-bond acceptors (Lipinski definition) is 11. The molecule has 0 radical (unpaired) electrons. The van der Waals surface area contributed by atoms with E-state index in [4.69, 9.17) is 5.73 Å². The number of aromatic nitrogens is 4. The topological polar surface area (TPSA) is 254 Å². The molecule has 2 aromatic rings. The Morgan fingerprint density at radius 1 is 1.12 bits per heavy atom. The number of tetrazole rings is 1. The van der Waals surface area contributed by atoms with Gasteiger partial charge in [0.1, 0.15) is 29.7 Å². The summed E-state index contributed by atoms with van der Waals surface area (Å²) in [6, 6.07) is 1.44. The zero-order valence-electron chi connectivity index (χ0n) is 22.6. The molecule has 0 aliphatic carbocycles. The number of benzene rings is 1. The lowest BCUT2D eigenvalue weighted by Gasteiger charge is -2.33. The van der Waals surface area contributed by atoms with Gasteiger partial charge in [-0.05, 0) is 32.4 Å². The van der Waals surface area contributed by atoms with Crippen LogP contribution in [-0.4, -0.2) is 103 Å². The zero-order valence-corrected chi connectivity index (χ0v) is 22.6. The molecule has 0 aliphatic heterocycles. The van der Waals surface area contributed by atoms with E-state index in [1.807, 2.05) is 0 Å². The molecule has 0 spiro atoms. The van der Waals surface area contributed by atoms with Gasteiger partial charge < -0.3 is 42.0 Å². The SMILES string of the molecule is C[C@@H](O)[C@H](NC(=O)CNC(=O)[C@@H](N)Cc1nn[nH]n1)C(=O)N[C@@](C)(Cc1ccccc1F)C(=O)N[C@H](C=O)[C@@H](C)O. The van der Waals surface area contributed by atoms with Gasteiger partial charge in [-0.2, -0.15) is 5.21 Å². The first kappa shape index (κ1) is 32.9. The molecule has 0 unspecified atom stereocenters. The fourth-order valence-corrected chi connectivity index (χ4v) is 3.62. The summed E-state index contributed by atoms with van der Waals surface area (Å²) >= 11 is 0. The highest BCUT2D eigenvalue weighted by molar-refractivity contribution is 5.96. The largest absolute Gasteiger partial charge is 0.391 e. The first-order valence-corrected chi connectivity index (χ1v) is 12.5. The molecule has 0 saturated heterocycles. The van der Waals surface area contributed by atoms with Crippen LogP contribution < -0.4 is 27.0 Å². The summed E-state index contributed by atoms with van der Waals surface area (Å²) in [4.78, 5) is 62.5. The number of rotatable bonds is 15. The van der Waals surface area contributed by atoms with Gasteiger partial charge in [0.25, 0.3) is 0 Å². The van der Waals surface area contributed by atoms with E-state index in [0.29, 0.717) is 6.29 Å². The maximum Gasteiger partial charge on any atom is 0.246 e. The minimum absolute atomic E-state index is 0.0441. The molecule has 2 rings (SSSR count). The number of H-pyrrole nitrogens is 1. The smallest absolute Gasteiger partial charge is 0.246 e. The number of carbonyl (C=O) groups excluding carboxylic acids is 5. The van der Waals surface area contributed by atoms with Crippen LogP contribution in [0.15, 0.2) is 24.3 Å². The number of nitrogens with two attached hydrogens (primary N) is 1. The molecular weight excluding hydrogens is 545 g/mol. The third kappa shape index (κ3) is 9.66. The summed E-state index contributed by atoms with van der Waals surface area (Å²) in [7, 11) is 0. The Hall–Kier alpha value is -4.35. The fraction of sp³-hybridized carbons (Fsp3) is 0.500. The maximum absolute atomic E-state index is 14.5. The van der Waals surface area contributed by atoms with Crippen LogP contribution >= 0.6 is 0 Å². The van der Waals surface area contributed by atoms with Crippen LogP contribution in [-0.2, 0) is 36.8 Å². The second-order valence-corrected chi connectivity index (χ2v) is 9.61. The average Bonchev–Trinajstić information content (AvgIpc) is 3.42. The van der Waals surface area contributed by atoms with Gasteiger partial charge in [-0.3, -0.25) is 19.2 Å². The summed E-state index contributed by atoms with van der Waals surface area (Å²) < 4.78 is 14.5. The van der Waals surface area contributed by atoms with Gasteiger partial charge in [0.2, 0.25) is 23.6 Å². The lowest BCUT2D eigenvalue weighted by Crippen LogP contribution is -2.65. The highest BCUT2D eigenvalue weighted by atomic mass is 19.1. The summed E-state index contributed by atoms with van der Waals surface area (Å²) in [5.41, 5.74) is 3.89. The molecule has 0 aliphatic rings. The minimum atomic E-state index is -1.91. The number of halogens is 1. The zero-order chi connectivity index (χ0) is 30.7. The fourth-order valence-electron chi connectivity index (χ4n) is 3.62. The lowest BCUT2D eigenvalue weighted by molar-refractivity contribution is -0.138. The van der Waals surface area contributed by atoms with Crippen molar-refractivity contribution in [2.24, 2.45) is 5.73 Å². The van der Waals surface area contributed by atoms with Gasteiger partial charge in [0.05, 0.1) is 24.8 Å².